The molecule has 4 aromatic heterocycles. The summed E-state index contributed by atoms with van der Waals surface area (Å²) in [5.74, 6) is 3.45. The van der Waals surface area contributed by atoms with Crippen LogP contribution in [0.3, 0.4) is 0 Å². The van der Waals surface area contributed by atoms with Crippen LogP contribution in [-0.4, -0.2) is 15.9 Å². The first kappa shape index (κ1) is 15.3. The van der Waals surface area contributed by atoms with Crippen molar-refractivity contribution in [2.45, 2.75) is 19.3 Å². The average Bonchev–Trinajstić information content (AvgIpc) is 3.14. The third-order valence-corrected chi connectivity index (χ3v) is 5.58. The minimum absolute atomic E-state index is 0.235. The maximum Gasteiger partial charge on any atom is 0.283 e. The van der Waals surface area contributed by atoms with Crippen molar-refractivity contribution < 1.29 is 8.83 Å². The third-order valence-electron chi connectivity index (χ3n) is 4.70. The number of rotatable bonds is 4. The van der Waals surface area contributed by atoms with Crippen molar-refractivity contribution in [3.05, 3.63) is 64.1 Å². The second kappa shape index (κ2) is 5.81. The van der Waals surface area contributed by atoms with Crippen LogP contribution in [0, 0.1) is 5.92 Å². The summed E-state index contributed by atoms with van der Waals surface area (Å²) >= 11 is 1.41. The van der Waals surface area contributed by atoms with Crippen LogP contribution < -0.4 is 5.56 Å². The first-order valence-corrected chi connectivity index (χ1v) is 9.25. The lowest BCUT2D eigenvalue weighted by Crippen LogP contribution is -2.16. The van der Waals surface area contributed by atoms with Crippen LogP contribution in [0.25, 0.3) is 21.5 Å². The normalized spacial score (nSPS) is 19.6. The summed E-state index contributed by atoms with van der Waals surface area (Å²) in [6, 6.07) is 7.47. The van der Waals surface area contributed by atoms with E-state index in [0.717, 1.165) is 17.7 Å². The SMILES string of the molecule is C[C@@H]1C[C@H]1c1ccc(/C=N\n2cnc3scc(-c4ccco4)c3c2=O)o1. The first-order valence-electron chi connectivity index (χ1n) is 8.37. The molecule has 0 unspecified atom stereocenters. The molecule has 2 atom stereocenters. The lowest BCUT2D eigenvalue weighted by atomic mass is 10.2. The molecule has 0 bridgehead atoms. The van der Waals surface area contributed by atoms with Crippen molar-refractivity contribution >= 4 is 27.8 Å². The highest BCUT2D eigenvalue weighted by Crippen LogP contribution is 2.47. The Morgan fingerprint density at radius 3 is 3.04 bits per heavy atom. The van der Waals surface area contributed by atoms with E-state index in [4.69, 9.17) is 8.83 Å². The number of thiophene rings is 1. The van der Waals surface area contributed by atoms with Crippen LogP contribution in [0.1, 0.15) is 30.8 Å². The summed E-state index contributed by atoms with van der Waals surface area (Å²) in [6.07, 6.45) is 5.72. The molecule has 0 saturated heterocycles. The van der Waals surface area contributed by atoms with Crippen molar-refractivity contribution in [3.63, 3.8) is 0 Å². The van der Waals surface area contributed by atoms with Gasteiger partial charge in [0.1, 0.15) is 28.4 Å². The van der Waals surface area contributed by atoms with Crippen LogP contribution in [0.5, 0.6) is 0 Å². The lowest BCUT2D eigenvalue weighted by Gasteiger charge is -1.98. The van der Waals surface area contributed by atoms with Crippen molar-refractivity contribution in [1.82, 2.24) is 9.66 Å². The topological polar surface area (TPSA) is 73.5 Å². The Bertz CT molecular complexity index is 1170. The monoisotopic (exact) mass is 365 g/mol. The van der Waals surface area contributed by atoms with E-state index >= 15 is 0 Å². The quantitative estimate of drug-likeness (QED) is 0.505. The third kappa shape index (κ3) is 2.52. The number of furan rings is 2. The summed E-state index contributed by atoms with van der Waals surface area (Å²) in [5.41, 5.74) is 0.501. The maximum absolute atomic E-state index is 12.8. The number of fused-ring (bicyclic) bond motifs is 1. The summed E-state index contributed by atoms with van der Waals surface area (Å²) in [5, 5.41) is 6.62. The molecule has 1 fully saturated rings. The standard InChI is InChI=1S/C19H15N3O3S/c1-11-7-13(11)16-5-4-12(25-16)8-21-22-10-20-18-17(19(22)23)14(9-26-18)15-3-2-6-24-15/h2-6,8-11,13H,7H2,1H3/b21-8-/t11-,13-/m1/s1. The summed E-state index contributed by atoms with van der Waals surface area (Å²) in [7, 11) is 0. The van der Waals surface area contributed by atoms with Crippen LogP contribution in [0.4, 0.5) is 0 Å². The molecule has 0 amide bonds. The van der Waals surface area contributed by atoms with Gasteiger partial charge in [-0.1, -0.05) is 6.92 Å². The van der Waals surface area contributed by atoms with Gasteiger partial charge in [0.15, 0.2) is 0 Å². The smallest absolute Gasteiger partial charge is 0.283 e. The fourth-order valence-electron chi connectivity index (χ4n) is 3.09. The molecule has 1 aliphatic carbocycles. The molecule has 1 saturated carbocycles. The van der Waals surface area contributed by atoms with E-state index in [1.165, 1.54) is 22.3 Å². The van der Waals surface area contributed by atoms with E-state index in [1.807, 2.05) is 23.6 Å². The van der Waals surface area contributed by atoms with Gasteiger partial charge < -0.3 is 8.83 Å². The Hall–Kier alpha value is -2.93. The van der Waals surface area contributed by atoms with Crippen molar-refractivity contribution in [1.29, 1.82) is 0 Å². The predicted molar refractivity (Wildman–Crippen MR) is 99.8 cm³/mol. The van der Waals surface area contributed by atoms with Gasteiger partial charge in [0.25, 0.3) is 5.56 Å². The highest BCUT2D eigenvalue weighted by Gasteiger charge is 2.36. The fourth-order valence-corrected chi connectivity index (χ4v) is 3.98. The summed E-state index contributed by atoms with van der Waals surface area (Å²) in [4.78, 5) is 17.8. The minimum Gasteiger partial charge on any atom is -0.464 e. The Labute approximate surface area is 152 Å². The highest BCUT2D eigenvalue weighted by atomic mass is 32.1. The molecule has 6 nitrogen and oxygen atoms in total. The van der Waals surface area contributed by atoms with Gasteiger partial charge in [0.05, 0.1) is 17.9 Å². The van der Waals surface area contributed by atoms with Crippen LogP contribution in [-0.2, 0) is 0 Å². The average molecular weight is 365 g/mol. The zero-order valence-electron chi connectivity index (χ0n) is 14.0. The van der Waals surface area contributed by atoms with E-state index < -0.39 is 0 Å². The van der Waals surface area contributed by atoms with Gasteiger partial charge in [-0.15, -0.1) is 11.3 Å². The molecule has 4 heterocycles. The van der Waals surface area contributed by atoms with Crippen molar-refractivity contribution in [2.24, 2.45) is 11.0 Å². The molecule has 7 heteroatoms. The van der Waals surface area contributed by atoms with Gasteiger partial charge >= 0.3 is 0 Å². The Morgan fingerprint density at radius 2 is 2.27 bits per heavy atom. The van der Waals surface area contributed by atoms with Gasteiger partial charge in [0, 0.05) is 16.9 Å². The van der Waals surface area contributed by atoms with Crippen LogP contribution >= 0.6 is 11.3 Å². The molecular formula is C19H15N3O3S. The van der Waals surface area contributed by atoms with Crippen molar-refractivity contribution in [3.8, 4) is 11.3 Å². The first-order chi connectivity index (χ1) is 12.7. The molecule has 5 rings (SSSR count). The second-order valence-electron chi connectivity index (χ2n) is 6.51. The van der Waals surface area contributed by atoms with Gasteiger partial charge in [-0.3, -0.25) is 4.79 Å². The van der Waals surface area contributed by atoms with Crippen molar-refractivity contribution in [2.75, 3.05) is 0 Å². The fraction of sp³-hybridized carbons (Fsp3) is 0.211. The molecule has 1 aliphatic rings. The molecule has 0 aliphatic heterocycles. The van der Waals surface area contributed by atoms with E-state index in [0.29, 0.717) is 33.6 Å². The zero-order valence-corrected chi connectivity index (χ0v) is 14.8. The van der Waals surface area contributed by atoms with Gasteiger partial charge in [-0.05, 0) is 36.6 Å². The number of aromatic nitrogens is 2. The Morgan fingerprint density at radius 1 is 1.38 bits per heavy atom. The Kier molecular flexibility index (Phi) is 3.43. The maximum atomic E-state index is 12.8. The number of hydrogen-bond acceptors (Lipinski definition) is 6. The minimum atomic E-state index is -0.235. The number of hydrogen-bond donors (Lipinski definition) is 0. The van der Waals surface area contributed by atoms with E-state index in [2.05, 4.69) is 17.0 Å². The van der Waals surface area contributed by atoms with E-state index in [9.17, 15) is 4.79 Å². The number of nitrogens with zero attached hydrogens (tertiary/aromatic N) is 3. The molecular weight excluding hydrogens is 350 g/mol. The highest BCUT2D eigenvalue weighted by molar-refractivity contribution is 7.17. The van der Waals surface area contributed by atoms with Gasteiger partial charge in [-0.25, -0.2) is 4.98 Å². The second-order valence-corrected chi connectivity index (χ2v) is 7.36. The summed E-state index contributed by atoms with van der Waals surface area (Å²) in [6.45, 7) is 2.21. The molecule has 0 radical (unpaired) electrons. The zero-order chi connectivity index (χ0) is 17.7. The molecule has 0 aromatic carbocycles. The molecule has 130 valence electrons. The lowest BCUT2D eigenvalue weighted by molar-refractivity contribution is 0.500. The van der Waals surface area contributed by atoms with E-state index in [1.54, 1.807) is 18.5 Å². The van der Waals surface area contributed by atoms with Crippen LogP contribution in [0.2, 0.25) is 0 Å². The molecule has 26 heavy (non-hydrogen) atoms. The molecule has 0 N–H and O–H groups in total. The molecule has 0 spiro atoms. The Balaban J connectivity index is 1.51. The van der Waals surface area contributed by atoms with Crippen LogP contribution in [0.15, 0.2) is 61.0 Å². The summed E-state index contributed by atoms with van der Waals surface area (Å²) < 4.78 is 12.4. The molecule has 4 aromatic rings. The van der Waals surface area contributed by atoms with Gasteiger partial charge in [-0.2, -0.15) is 9.78 Å². The predicted octanol–water partition coefficient (Wildman–Crippen LogP) is 4.32. The van der Waals surface area contributed by atoms with E-state index in [-0.39, 0.29) is 5.56 Å². The van der Waals surface area contributed by atoms with Gasteiger partial charge in [0.2, 0.25) is 0 Å². The largest absolute Gasteiger partial charge is 0.464 e.